The summed E-state index contributed by atoms with van der Waals surface area (Å²) >= 11 is 6.36. The van der Waals surface area contributed by atoms with Gasteiger partial charge in [0.1, 0.15) is 23.0 Å². The summed E-state index contributed by atoms with van der Waals surface area (Å²) in [6.07, 6.45) is 0.540. The van der Waals surface area contributed by atoms with E-state index in [-0.39, 0.29) is 17.5 Å². The molecule has 1 atom stereocenters. The third-order valence-corrected chi connectivity index (χ3v) is 7.08. The molecule has 0 spiro atoms. The van der Waals surface area contributed by atoms with Gasteiger partial charge in [0.25, 0.3) is 5.91 Å². The van der Waals surface area contributed by atoms with Crippen molar-refractivity contribution in [3.63, 3.8) is 0 Å². The van der Waals surface area contributed by atoms with Crippen LogP contribution in [0.1, 0.15) is 38.8 Å². The van der Waals surface area contributed by atoms with E-state index in [1.165, 1.54) is 12.1 Å². The average Bonchev–Trinajstić information content (AvgIpc) is 3.44. The SMILES string of the molecule is COc1ccc(CCN2C(=O)c3[nH]nc(-c4cc(Cl)c(C)cc4O)c3[C@H]2c2ccc(F)cc2)cc1OC. The van der Waals surface area contributed by atoms with E-state index in [0.29, 0.717) is 52.0 Å². The summed E-state index contributed by atoms with van der Waals surface area (Å²) in [5.41, 5.74) is 4.17. The van der Waals surface area contributed by atoms with Crippen LogP contribution in [0.3, 0.4) is 0 Å². The van der Waals surface area contributed by atoms with Crippen molar-refractivity contribution in [2.75, 3.05) is 20.8 Å². The Labute approximate surface area is 218 Å². The number of aromatic nitrogens is 2. The molecule has 0 unspecified atom stereocenters. The molecule has 4 aromatic rings. The highest BCUT2D eigenvalue weighted by Gasteiger charge is 2.42. The highest BCUT2D eigenvalue weighted by atomic mass is 35.5. The molecule has 7 nitrogen and oxygen atoms in total. The average molecular weight is 522 g/mol. The first-order valence-corrected chi connectivity index (χ1v) is 12.0. The molecule has 1 aromatic heterocycles. The van der Waals surface area contributed by atoms with Crippen molar-refractivity contribution in [2.45, 2.75) is 19.4 Å². The molecule has 0 aliphatic carbocycles. The highest BCUT2D eigenvalue weighted by Crippen LogP contribution is 2.45. The summed E-state index contributed by atoms with van der Waals surface area (Å²) in [7, 11) is 3.15. The van der Waals surface area contributed by atoms with Crippen molar-refractivity contribution in [3.8, 4) is 28.5 Å². The lowest BCUT2D eigenvalue weighted by molar-refractivity contribution is 0.0746. The number of phenolic OH excluding ortho intramolecular Hbond substituents is 1. The minimum Gasteiger partial charge on any atom is -0.507 e. The van der Waals surface area contributed by atoms with Gasteiger partial charge in [-0.05, 0) is 66.4 Å². The maximum atomic E-state index is 13.8. The van der Waals surface area contributed by atoms with Gasteiger partial charge in [0.2, 0.25) is 0 Å². The zero-order chi connectivity index (χ0) is 26.3. The molecular formula is C28H25ClFN3O4. The molecule has 0 radical (unpaired) electrons. The maximum absolute atomic E-state index is 13.8. The predicted octanol–water partition coefficient (Wildman–Crippen LogP) is 5.69. The van der Waals surface area contributed by atoms with E-state index >= 15 is 0 Å². The van der Waals surface area contributed by atoms with Crippen LogP contribution >= 0.6 is 11.6 Å². The largest absolute Gasteiger partial charge is 0.507 e. The third kappa shape index (κ3) is 4.38. The number of rotatable bonds is 7. The molecule has 3 aromatic carbocycles. The lowest BCUT2D eigenvalue weighted by atomic mass is 9.95. The number of ether oxygens (including phenoxy) is 2. The molecule has 1 aliphatic heterocycles. The number of phenols is 1. The Morgan fingerprint density at radius 2 is 1.81 bits per heavy atom. The molecular weight excluding hydrogens is 497 g/mol. The molecule has 2 heterocycles. The fraction of sp³-hybridized carbons (Fsp3) is 0.214. The standard InChI is InChI=1S/C28H25ClFN3O4/c1-15-12-21(34)19(14-20(15)29)25-24-26(32-31-25)28(35)33(27(24)17-5-7-18(30)8-6-17)11-10-16-4-9-22(36-2)23(13-16)37-3/h4-9,12-14,27,34H,10-11H2,1-3H3,(H,31,32)/t27-/m1/s1. The minimum absolute atomic E-state index is 0.00489. The predicted molar refractivity (Wildman–Crippen MR) is 138 cm³/mol. The number of aromatic hydroxyl groups is 1. The van der Waals surface area contributed by atoms with E-state index in [4.69, 9.17) is 21.1 Å². The van der Waals surface area contributed by atoms with Gasteiger partial charge in [0.05, 0.1) is 20.3 Å². The molecule has 0 saturated heterocycles. The number of aromatic amines is 1. The summed E-state index contributed by atoms with van der Waals surface area (Å²) in [5, 5.41) is 18.4. The molecule has 2 N–H and O–H groups in total. The lowest BCUT2D eigenvalue weighted by Crippen LogP contribution is -2.31. The van der Waals surface area contributed by atoms with E-state index in [1.807, 2.05) is 18.2 Å². The van der Waals surface area contributed by atoms with Crippen LogP contribution in [0.25, 0.3) is 11.3 Å². The number of carbonyl (C=O) groups excluding carboxylic acids is 1. The zero-order valence-corrected chi connectivity index (χ0v) is 21.3. The Morgan fingerprint density at radius 3 is 2.51 bits per heavy atom. The number of fused-ring (bicyclic) bond motifs is 1. The van der Waals surface area contributed by atoms with Gasteiger partial charge >= 0.3 is 0 Å². The third-order valence-electron chi connectivity index (χ3n) is 6.67. The molecule has 0 saturated carbocycles. The Morgan fingerprint density at radius 1 is 1.08 bits per heavy atom. The number of H-pyrrole nitrogens is 1. The first-order valence-electron chi connectivity index (χ1n) is 11.7. The van der Waals surface area contributed by atoms with Gasteiger partial charge in [0, 0.05) is 22.7 Å². The van der Waals surface area contributed by atoms with Crippen molar-refractivity contribution in [1.29, 1.82) is 0 Å². The van der Waals surface area contributed by atoms with Gasteiger partial charge in [-0.25, -0.2) is 4.39 Å². The second-order valence-corrected chi connectivity index (χ2v) is 9.28. The Kier molecular flexibility index (Phi) is 6.52. The molecule has 190 valence electrons. The summed E-state index contributed by atoms with van der Waals surface area (Å²) in [4.78, 5) is 15.3. The second kappa shape index (κ2) is 9.78. The summed E-state index contributed by atoms with van der Waals surface area (Å²) in [6.45, 7) is 2.17. The highest BCUT2D eigenvalue weighted by molar-refractivity contribution is 6.31. The van der Waals surface area contributed by atoms with Crippen molar-refractivity contribution >= 4 is 17.5 Å². The maximum Gasteiger partial charge on any atom is 0.273 e. The van der Waals surface area contributed by atoms with Gasteiger partial charge in [-0.3, -0.25) is 9.89 Å². The monoisotopic (exact) mass is 521 g/mol. The first-order chi connectivity index (χ1) is 17.8. The number of benzene rings is 3. The van der Waals surface area contributed by atoms with Gasteiger partial charge < -0.3 is 19.5 Å². The molecule has 37 heavy (non-hydrogen) atoms. The molecule has 1 aliphatic rings. The Bertz CT molecular complexity index is 1490. The van der Waals surface area contributed by atoms with Crippen LogP contribution in [-0.2, 0) is 6.42 Å². The minimum atomic E-state index is -0.545. The van der Waals surface area contributed by atoms with E-state index in [9.17, 15) is 14.3 Å². The molecule has 0 fully saturated rings. The fourth-order valence-corrected chi connectivity index (χ4v) is 4.93. The molecule has 5 rings (SSSR count). The molecule has 0 bridgehead atoms. The van der Waals surface area contributed by atoms with Gasteiger partial charge in [-0.1, -0.05) is 29.8 Å². The smallest absolute Gasteiger partial charge is 0.273 e. The number of carbonyl (C=O) groups is 1. The van der Waals surface area contributed by atoms with Crippen LogP contribution in [0.15, 0.2) is 54.6 Å². The number of amides is 1. The number of halogens is 2. The van der Waals surface area contributed by atoms with Crippen LogP contribution in [0.2, 0.25) is 5.02 Å². The van der Waals surface area contributed by atoms with Crippen molar-refractivity contribution in [1.82, 2.24) is 15.1 Å². The normalized spacial score (nSPS) is 14.7. The van der Waals surface area contributed by atoms with Gasteiger partial charge in [-0.2, -0.15) is 5.10 Å². The van der Waals surface area contributed by atoms with Gasteiger partial charge in [-0.15, -0.1) is 0 Å². The van der Waals surface area contributed by atoms with Crippen LogP contribution in [0, 0.1) is 12.7 Å². The Balaban J connectivity index is 1.56. The first kappa shape index (κ1) is 24.6. The number of methoxy groups -OCH3 is 2. The quantitative estimate of drug-likeness (QED) is 0.326. The Hall–Kier alpha value is -4.04. The van der Waals surface area contributed by atoms with E-state index in [0.717, 1.165) is 16.7 Å². The van der Waals surface area contributed by atoms with Crippen molar-refractivity contribution in [2.24, 2.45) is 0 Å². The summed E-state index contributed by atoms with van der Waals surface area (Å²) < 4.78 is 24.5. The van der Waals surface area contributed by atoms with Crippen molar-refractivity contribution in [3.05, 3.63) is 93.4 Å². The van der Waals surface area contributed by atoms with Crippen LogP contribution in [0.4, 0.5) is 4.39 Å². The summed E-state index contributed by atoms with van der Waals surface area (Å²) in [5.74, 6) is 0.619. The topological polar surface area (TPSA) is 87.7 Å². The van der Waals surface area contributed by atoms with Crippen LogP contribution in [0.5, 0.6) is 17.2 Å². The van der Waals surface area contributed by atoms with Crippen LogP contribution in [-0.4, -0.2) is 46.9 Å². The van der Waals surface area contributed by atoms with E-state index < -0.39 is 6.04 Å². The summed E-state index contributed by atoms with van der Waals surface area (Å²) in [6, 6.07) is 14.3. The number of nitrogens with one attached hydrogen (secondary N) is 1. The number of nitrogens with zero attached hydrogens (tertiary/aromatic N) is 2. The number of hydrogen-bond donors (Lipinski definition) is 2. The van der Waals surface area contributed by atoms with Gasteiger partial charge in [0.15, 0.2) is 11.5 Å². The van der Waals surface area contributed by atoms with Crippen LogP contribution < -0.4 is 9.47 Å². The second-order valence-electron chi connectivity index (χ2n) is 8.87. The number of hydrogen-bond acceptors (Lipinski definition) is 5. The lowest BCUT2D eigenvalue weighted by Gasteiger charge is -2.26. The number of aryl methyl sites for hydroxylation is 1. The van der Waals surface area contributed by atoms with E-state index in [2.05, 4.69) is 10.2 Å². The zero-order valence-electron chi connectivity index (χ0n) is 20.5. The fourth-order valence-electron chi connectivity index (χ4n) is 4.77. The van der Waals surface area contributed by atoms with Crippen molar-refractivity contribution < 1.29 is 23.8 Å². The molecule has 1 amide bonds. The molecule has 9 heteroatoms. The van der Waals surface area contributed by atoms with E-state index in [1.54, 1.807) is 50.3 Å².